The highest BCUT2D eigenvalue weighted by atomic mass is 16.4. The molecule has 1 saturated heterocycles. The van der Waals surface area contributed by atoms with Crippen molar-refractivity contribution < 1.29 is 19.2 Å². The van der Waals surface area contributed by atoms with Crippen LogP contribution in [0.3, 0.4) is 0 Å². The Labute approximate surface area is 179 Å². The van der Waals surface area contributed by atoms with Gasteiger partial charge in [-0.3, -0.25) is 4.79 Å². The molecule has 5 nitrogen and oxygen atoms in total. The third kappa shape index (κ3) is 12.9. The van der Waals surface area contributed by atoms with Crippen LogP contribution in [0, 0.1) is 0 Å². The summed E-state index contributed by atoms with van der Waals surface area (Å²) in [7, 11) is 3.87. The average molecular weight is 412 g/mol. The second-order valence-corrected chi connectivity index (χ2v) is 9.64. The number of hydrogen-bond donors (Lipinski definition) is 1. The molecule has 1 amide bonds. The van der Waals surface area contributed by atoms with Crippen LogP contribution in [-0.2, 0) is 9.59 Å². The van der Waals surface area contributed by atoms with E-state index in [0.29, 0.717) is 10.4 Å². The maximum atomic E-state index is 11.9. The molecule has 1 rings (SSSR count). The maximum absolute atomic E-state index is 11.9. The van der Waals surface area contributed by atoms with Gasteiger partial charge in [0.15, 0.2) is 6.54 Å². The van der Waals surface area contributed by atoms with E-state index >= 15 is 0 Å². The van der Waals surface area contributed by atoms with Crippen molar-refractivity contribution >= 4 is 11.9 Å². The fourth-order valence-electron chi connectivity index (χ4n) is 4.27. The van der Waals surface area contributed by atoms with E-state index in [-0.39, 0.29) is 12.6 Å². The molecule has 1 N–H and O–H groups in total. The normalized spacial score (nSPS) is 16.4. The molecule has 1 aliphatic heterocycles. The first-order chi connectivity index (χ1) is 13.9. The molecule has 1 aliphatic rings. The number of nitrogens with zero attached hydrogens (tertiary/aromatic N) is 2. The van der Waals surface area contributed by atoms with Crippen LogP contribution in [0.25, 0.3) is 0 Å². The Morgan fingerprint density at radius 2 is 1.34 bits per heavy atom. The Hall–Kier alpha value is -1.10. The van der Waals surface area contributed by atoms with Crippen molar-refractivity contribution in [3.05, 3.63) is 0 Å². The second kappa shape index (κ2) is 14.8. The molecule has 1 heterocycles. The second-order valence-electron chi connectivity index (χ2n) is 9.64. The van der Waals surface area contributed by atoms with Crippen LogP contribution in [0.4, 0.5) is 0 Å². The summed E-state index contributed by atoms with van der Waals surface area (Å²) in [6.45, 7) is 3.98. The Kier molecular flexibility index (Phi) is 13.2. The topological polar surface area (TPSA) is 57.4 Å². The summed E-state index contributed by atoms with van der Waals surface area (Å²) in [5.41, 5.74) is 0. The zero-order chi connectivity index (χ0) is 21.5. The van der Waals surface area contributed by atoms with Gasteiger partial charge < -0.3 is 14.5 Å². The largest absolute Gasteiger partial charge is 0.477 e. The lowest BCUT2D eigenvalue weighted by molar-refractivity contribution is -0.883. The number of likely N-dealkylation sites (N-methyl/N-ethyl adjacent to an activating group) is 1. The van der Waals surface area contributed by atoms with E-state index in [2.05, 4.69) is 6.92 Å². The minimum absolute atomic E-state index is 0.135. The van der Waals surface area contributed by atoms with E-state index in [4.69, 9.17) is 5.11 Å². The van der Waals surface area contributed by atoms with Gasteiger partial charge in [0.2, 0.25) is 5.91 Å². The fourth-order valence-corrected chi connectivity index (χ4v) is 4.27. The van der Waals surface area contributed by atoms with Crippen molar-refractivity contribution in [3.8, 4) is 0 Å². The number of aliphatic carboxylic acids is 1. The average Bonchev–Trinajstić information content (AvgIpc) is 3.25. The first-order valence-electron chi connectivity index (χ1n) is 12.2. The molecule has 0 aromatic carbocycles. The standard InChI is InChI=1S/C24H46N2O3/c1-4-5-6-7-8-9-10-11-12-13-14-15-16-18-22-24(29)25(22)19-17-20-26(2,3)21-23(27)28/h22H,4-21H2,1-3H3/p+1. The number of carbonyl (C=O) groups excluding carboxylic acids is 1. The van der Waals surface area contributed by atoms with Crippen LogP contribution < -0.4 is 0 Å². The number of carboxylic acid groups (broad SMARTS) is 1. The lowest BCUT2D eigenvalue weighted by atomic mass is 10.0. The first kappa shape index (κ1) is 25.9. The summed E-state index contributed by atoms with van der Waals surface area (Å²) >= 11 is 0. The number of carboxylic acids is 1. The van der Waals surface area contributed by atoms with Gasteiger partial charge in [-0.25, -0.2) is 4.79 Å². The SMILES string of the molecule is CCCCCCCCCCCCCCCC1C(=O)N1CCC[N+](C)(C)CC(=O)O. The van der Waals surface area contributed by atoms with Gasteiger partial charge in [0, 0.05) is 13.0 Å². The van der Waals surface area contributed by atoms with Crippen LogP contribution in [0.15, 0.2) is 0 Å². The quantitative estimate of drug-likeness (QED) is 0.169. The molecular formula is C24H47N2O3+. The zero-order valence-corrected chi connectivity index (χ0v) is 19.5. The Morgan fingerprint density at radius 3 is 1.83 bits per heavy atom. The monoisotopic (exact) mass is 411 g/mol. The van der Waals surface area contributed by atoms with E-state index < -0.39 is 5.97 Å². The molecule has 0 aromatic rings. The lowest BCUT2D eigenvalue weighted by Gasteiger charge is -2.27. The van der Waals surface area contributed by atoms with Gasteiger partial charge in [-0.05, 0) is 6.42 Å². The van der Waals surface area contributed by atoms with Gasteiger partial charge >= 0.3 is 5.97 Å². The van der Waals surface area contributed by atoms with Crippen LogP contribution >= 0.6 is 0 Å². The van der Waals surface area contributed by atoms with Gasteiger partial charge in [0.25, 0.3) is 0 Å². The van der Waals surface area contributed by atoms with Crippen LogP contribution in [0.5, 0.6) is 0 Å². The molecular weight excluding hydrogens is 364 g/mol. The molecule has 1 unspecified atom stereocenters. The maximum Gasteiger partial charge on any atom is 0.359 e. The molecule has 0 radical (unpaired) electrons. The molecule has 170 valence electrons. The summed E-state index contributed by atoms with van der Waals surface area (Å²) in [5, 5.41) is 8.92. The summed E-state index contributed by atoms with van der Waals surface area (Å²) in [6.07, 6.45) is 19.5. The predicted octanol–water partition coefficient (Wildman–Crippen LogP) is 5.23. The predicted molar refractivity (Wildman–Crippen MR) is 120 cm³/mol. The highest BCUT2D eigenvalue weighted by Gasteiger charge is 2.44. The van der Waals surface area contributed by atoms with Crippen molar-refractivity contribution in [2.45, 2.75) is 109 Å². The lowest BCUT2D eigenvalue weighted by Crippen LogP contribution is -2.45. The highest BCUT2D eigenvalue weighted by Crippen LogP contribution is 2.26. The van der Waals surface area contributed by atoms with Crippen LogP contribution in [0.1, 0.15) is 103 Å². The van der Waals surface area contributed by atoms with E-state index in [1.54, 1.807) is 0 Å². The molecule has 0 aliphatic carbocycles. The Balaban J connectivity index is 1.89. The summed E-state index contributed by atoms with van der Waals surface area (Å²) in [5.74, 6) is -0.467. The van der Waals surface area contributed by atoms with Crippen LogP contribution in [0.2, 0.25) is 0 Å². The third-order valence-corrected chi connectivity index (χ3v) is 6.18. The van der Waals surface area contributed by atoms with E-state index in [9.17, 15) is 9.59 Å². The van der Waals surface area contributed by atoms with Crippen molar-refractivity contribution in [2.24, 2.45) is 0 Å². The summed E-state index contributed by atoms with van der Waals surface area (Å²) < 4.78 is 0.473. The van der Waals surface area contributed by atoms with Crippen molar-refractivity contribution in [3.63, 3.8) is 0 Å². The minimum atomic E-state index is -0.766. The van der Waals surface area contributed by atoms with Gasteiger partial charge in [0.1, 0.15) is 6.04 Å². The van der Waals surface area contributed by atoms with Gasteiger partial charge in [0.05, 0.1) is 20.6 Å². The zero-order valence-electron chi connectivity index (χ0n) is 19.5. The van der Waals surface area contributed by atoms with Crippen LogP contribution in [-0.4, -0.2) is 66.1 Å². The Bertz CT molecular complexity index is 465. The summed E-state index contributed by atoms with van der Waals surface area (Å²) in [6, 6.07) is 0.151. The molecule has 0 bridgehead atoms. The number of carbonyl (C=O) groups is 2. The fraction of sp³-hybridized carbons (Fsp3) is 0.917. The van der Waals surface area contributed by atoms with Crippen molar-refractivity contribution in [1.82, 2.24) is 4.90 Å². The first-order valence-corrected chi connectivity index (χ1v) is 12.2. The van der Waals surface area contributed by atoms with Gasteiger partial charge in [-0.1, -0.05) is 90.4 Å². The Morgan fingerprint density at radius 1 is 0.862 bits per heavy atom. The number of amides is 1. The summed E-state index contributed by atoms with van der Waals surface area (Å²) in [4.78, 5) is 24.8. The smallest absolute Gasteiger partial charge is 0.359 e. The third-order valence-electron chi connectivity index (χ3n) is 6.18. The number of rotatable bonds is 20. The number of unbranched alkanes of at least 4 members (excludes halogenated alkanes) is 12. The molecule has 5 heteroatoms. The highest BCUT2D eigenvalue weighted by molar-refractivity contribution is 5.96. The molecule has 0 aromatic heterocycles. The molecule has 0 spiro atoms. The molecule has 1 atom stereocenters. The molecule has 0 saturated carbocycles. The van der Waals surface area contributed by atoms with Gasteiger partial charge in [-0.2, -0.15) is 0 Å². The van der Waals surface area contributed by atoms with Gasteiger partial charge in [-0.15, -0.1) is 0 Å². The van der Waals surface area contributed by atoms with E-state index in [0.717, 1.165) is 32.4 Å². The van der Waals surface area contributed by atoms with Crippen molar-refractivity contribution in [2.75, 3.05) is 33.7 Å². The number of quaternary nitrogens is 1. The molecule has 1 fully saturated rings. The van der Waals surface area contributed by atoms with E-state index in [1.165, 1.54) is 77.0 Å². The van der Waals surface area contributed by atoms with E-state index in [1.807, 2.05) is 19.0 Å². The number of hydrogen-bond acceptors (Lipinski definition) is 2. The minimum Gasteiger partial charge on any atom is -0.477 e. The molecule has 29 heavy (non-hydrogen) atoms. The van der Waals surface area contributed by atoms with Crippen molar-refractivity contribution in [1.29, 1.82) is 0 Å².